The van der Waals surface area contributed by atoms with E-state index in [1.807, 2.05) is 57.1 Å². The fraction of sp³-hybridized carbons (Fsp3) is 0.429. The summed E-state index contributed by atoms with van der Waals surface area (Å²) in [5, 5.41) is 11.3. The van der Waals surface area contributed by atoms with Gasteiger partial charge in [0.2, 0.25) is 0 Å². The topological polar surface area (TPSA) is 70.1 Å². The van der Waals surface area contributed by atoms with Crippen molar-refractivity contribution in [2.75, 3.05) is 33.8 Å². The van der Waals surface area contributed by atoms with E-state index in [1.54, 1.807) is 23.1 Å². The van der Waals surface area contributed by atoms with E-state index in [9.17, 15) is 14.7 Å². The van der Waals surface area contributed by atoms with Crippen LogP contribution in [-0.4, -0.2) is 60.4 Å². The molecule has 0 aliphatic carbocycles. The summed E-state index contributed by atoms with van der Waals surface area (Å²) in [6.07, 6.45) is 0.896. The molecular weight excluding hydrogens is 428 g/mol. The molecule has 6 nitrogen and oxygen atoms in total. The second-order valence-corrected chi connectivity index (χ2v) is 9.45. The van der Waals surface area contributed by atoms with E-state index in [1.165, 1.54) is 5.56 Å². The quantitative estimate of drug-likeness (QED) is 0.325. The van der Waals surface area contributed by atoms with Gasteiger partial charge in [-0.25, -0.2) is 0 Å². The Morgan fingerprint density at radius 1 is 1.12 bits per heavy atom. The molecule has 6 heteroatoms. The first-order chi connectivity index (χ1) is 16.1. The van der Waals surface area contributed by atoms with Crippen molar-refractivity contribution in [3.05, 3.63) is 70.3 Å². The van der Waals surface area contributed by atoms with Crippen molar-refractivity contribution >= 4 is 17.4 Å². The summed E-state index contributed by atoms with van der Waals surface area (Å²) in [5.74, 6) is -0.288. The summed E-state index contributed by atoms with van der Waals surface area (Å²) in [4.78, 5) is 29.8. The first kappa shape index (κ1) is 25.5. The van der Waals surface area contributed by atoms with Crippen LogP contribution in [0.15, 0.2) is 48.0 Å². The lowest BCUT2D eigenvalue weighted by atomic mass is 9.93. The minimum Gasteiger partial charge on any atom is -0.507 e. The molecule has 0 saturated carbocycles. The Balaban J connectivity index is 2.09. The molecule has 1 amide bonds. The average Bonchev–Trinajstić information content (AvgIpc) is 3.06. The maximum Gasteiger partial charge on any atom is 0.295 e. The standard InChI is InChI=1S/C28H36N2O4/c1-7-16-34-23-13-12-22(17-19(23)4)26(31)24-25(21-10-8-20(9-11-21)18(2)3)30(15-14-29(5)6)28(33)27(24)32/h8-13,17-18,25,31H,7,14-16H2,1-6H3/b26-24-. The highest BCUT2D eigenvalue weighted by Crippen LogP contribution is 2.40. The Labute approximate surface area is 202 Å². The number of likely N-dealkylation sites (N-methyl/N-ethyl adjacent to an activating group) is 1. The summed E-state index contributed by atoms with van der Waals surface area (Å²) >= 11 is 0. The van der Waals surface area contributed by atoms with Gasteiger partial charge in [-0.15, -0.1) is 0 Å². The highest BCUT2D eigenvalue weighted by atomic mass is 16.5. The first-order valence-corrected chi connectivity index (χ1v) is 11.9. The lowest BCUT2D eigenvalue weighted by molar-refractivity contribution is -0.140. The smallest absolute Gasteiger partial charge is 0.295 e. The molecule has 1 atom stereocenters. The number of hydrogen-bond acceptors (Lipinski definition) is 5. The van der Waals surface area contributed by atoms with Crippen LogP contribution in [-0.2, 0) is 9.59 Å². The molecule has 182 valence electrons. The fourth-order valence-electron chi connectivity index (χ4n) is 4.15. The Kier molecular flexibility index (Phi) is 8.15. The number of Topliss-reactive ketones (excluding diaryl/α,β-unsaturated/α-hetero) is 1. The molecular formula is C28H36N2O4. The van der Waals surface area contributed by atoms with E-state index in [0.717, 1.165) is 23.3 Å². The molecule has 1 saturated heterocycles. The van der Waals surface area contributed by atoms with Crippen LogP contribution in [0.3, 0.4) is 0 Å². The van der Waals surface area contributed by atoms with E-state index < -0.39 is 17.7 Å². The average molecular weight is 465 g/mol. The number of aryl methyl sites for hydroxylation is 1. The Hall–Kier alpha value is -3.12. The molecule has 1 N–H and O–H groups in total. The molecule has 1 aliphatic rings. The van der Waals surface area contributed by atoms with Crippen LogP contribution in [0.1, 0.15) is 61.4 Å². The molecule has 0 radical (unpaired) electrons. The van der Waals surface area contributed by atoms with Gasteiger partial charge in [0.25, 0.3) is 11.7 Å². The second-order valence-electron chi connectivity index (χ2n) is 9.45. The molecule has 1 heterocycles. The number of amides is 1. The zero-order valence-electron chi connectivity index (χ0n) is 21.1. The monoisotopic (exact) mass is 464 g/mol. The third-order valence-corrected chi connectivity index (χ3v) is 6.16. The number of aliphatic hydroxyl groups is 1. The van der Waals surface area contributed by atoms with Gasteiger partial charge in [0, 0.05) is 18.7 Å². The van der Waals surface area contributed by atoms with Crippen LogP contribution in [0.5, 0.6) is 5.75 Å². The van der Waals surface area contributed by atoms with Crippen molar-refractivity contribution in [3.63, 3.8) is 0 Å². The van der Waals surface area contributed by atoms with E-state index in [0.29, 0.717) is 31.2 Å². The maximum absolute atomic E-state index is 13.2. The van der Waals surface area contributed by atoms with Crippen molar-refractivity contribution in [2.24, 2.45) is 0 Å². The van der Waals surface area contributed by atoms with Gasteiger partial charge in [-0.2, -0.15) is 0 Å². The molecule has 1 aliphatic heterocycles. The predicted molar refractivity (Wildman–Crippen MR) is 135 cm³/mol. The van der Waals surface area contributed by atoms with Crippen LogP contribution in [0, 0.1) is 6.92 Å². The number of likely N-dealkylation sites (tertiary alicyclic amines) is 1. The lowest BCUT2D eigenvalue weighted by Crippen LogP contribution is -2.35. The minimum atomic E-state index is -0.654. The number of carbonyl (C=O) groups excluding carboxylic acids is 2. The molecule has 0 bridgehead atoms. The number of aliphatic hydroxyl groups excluding tert-OH is 1. The Morgan fingerprint density at radius 3 is 2.35 bits per heavy atom. The summed E-state index contributed by atoms with van der Waals surface area (Å²) in [6.45, 7) is 9.78. The molecule has 0 spiro atoms. The molecule has 3 rings (SSSR count). The van der Waals surface area contributed by atoms with E-state index in [-0.39, 0.29) is 11.3 Å². The van der Waals surface area contributed by atoms with E-state index in [4.69, 9.17) is 4.74 Å². The predicted octanol–water partition coefficient (Wildman–Crippen LogP) is 4.89. The Morgan fingerprint density at radius 2 is 1.79 bits per heavy atom. The van der Waals surface area contributed by atoms with E-state index in [2.05, 4.69) is 13.8 Å². The summed E-state index contributed by atoms with van der Waals surface area (Å²) < 4.78 is 5.75. The molecule has 1 fully saturated rings. The Bertz CT molecular complexity index is 1070. The van der Waals surface area contributed by atoms with Crippen molar-refractivity contribution < 1.29 is 19.4 Å². The number of benzene rings is 2. The van der Waals surface area contributed by atoms with Crippen molar-refractivity contribution in [3.8, 4) is 5.75 Å². The lowest BCUT2D eigenvalue weighted by Gasteiger charge is -2.27. The molecule has 2 aromatic rings. The molecule has 0 aromatic heterocycles. The van der Waals surface area contributed by atoms with Crippen LogP contribution >= 0.6 is 0 Å². The van der Waals surface area contributed by atoms with Gasteiger partial charge in [-0.3, -0.25) is 9.59 Å². The fourth-order valence-corrected chi connectivity index (χ4v) is 4.15. The van der Waals surface area contributed by atoms with Gasteiger partial charge in [0.1, 0.15) is 11.5 Å². The summed E-state index contributed by atoms with van der Waals surface area (Å²) in [6, 6.07) is 12.6. The highest BCUT2D eigenvalue weighted by Gasteiger charge is 2.45. The van der Waals surface area contributed by atoms with Crippen LogP contribution in [0.25, 0.3) is 5.76 Å². The molecule has 2 aromatic carbocycles. The second kappa shape index (κ2) is 10.9. The normalized spacial score (nSPS) is 17.8. The number of ether oxygens (including phenoxy) is 1. The van der Waals surface area contributed by atoms with E-state index >= 15 is 0 Å². The number of nitrogens with zero attached hydrogens (tertiary/aromatic N) is 2. The first-order valence-electron chi connectivity index (χ1n) is 11.9. The third-order valence-electron chi connectivity index (χ3n) is 6.16. The van der Waals surface area contributed by atoms with Crippen LogP contribution in [0.4, 0.5) is 0 Å². The van der Waals surface area contributed by atoms with Gasteiger partial charge < -0.3 is 19.6 Å². The molecule has 34 heavy (non-hydrogen) atoms. The number of ketones is 1. The van der Waals surface area contributed by atoms with Crippen molar-refractivity contribution in [1.82, 2.24) is 9.80 Å². The van der Waals surface area contributed by atoms with Gasteiger partial charge in [-0.05, 0) is 68.2 Å². The zero-order chi connectivity index (χ0) is 25.0. The summed E-state index contributed by atoms with van der Waals surface area (Å²) in [5.41, 5.74) is 3.46. The maximum atomic E-state index is 13.2. The highest BCUT2D eigenvalue weighted by molar-refractivity contribution is 6.46. The van der Waals surface area contributed by atoms with Gasteiger partial charge in [0.05, 0.1) is 18.2 Å². The third kappa shape index (κ3) is 5.33. The number of carbonyl (C=O) groups is 2. The van der Waals surface area contributed by atoms with Crippen molar-refractivity contribution in [1.29, 1.82) is 0 Å². The van der Waals surface area contributed by atoms with Crippen molar-refractivity contribution in [2.45, 2.75) is 46.1 Å². The number of rotatable bonds is 9. The van der Waals surface area contributed by atoms with Gasteiger partial charge in [0.15, 0.2) is 0 Å². The molecule has 1 unspecified atom stereocenters. The zero-order valence-corrected chi connectivity index (χ0v) is 21.1. The number of hydrogen-bond donors (Lipinski definition) is 1. The van der Waals surface area contributed by atoms with Gasteiger partial charge >= 0.3 is 0 Å². The van der Waals surface area contributed by atoms with Crippen LogP contribution in [0.2, 0.25) is 0 Å². The summed E-state index contributed by atoms with van der Waals surface area (Å²) in [7, 11) is 3.85. The van der Waals surface area contributed by atoms with Gasteiger partial charge in [-0.1, -0.05) is 45.0 Å². The van der Waals surface area contributed by atoms with Crippen LogP contribution < -0.4 is 4.74 Å². The SMILES string of the molecule is CCCOc1ccc(/C(O)=C2/C(=O)C(=O)N(CCN(C)C)C2c2ccc(C(C)C)cc2)cc1C. The minimum absolute atomic E-state index is 0.127. The largest absolute Gasteiger partial charge is 0.507 e.